The van der Waals surface area contributed by atoms with Crippen LogP contribution in [-0.2, 0) is 19.1 Å². The maximum atomic E-state index is 12.5. The van der Waals surface area contributed by atoms with Gasteiger partial charge in [-0.05, 0) is 32.8 Å². The van der Waals surface area contributed by atoms with E-state index in [0.29, 0.717) is 12.8 Å². The zero-order valence-corrected chi connectivity index (χ0v) is 16.6. The van der Waals surface area contributed by atoms with Crippen LogP contribution in [0, 0.1) is 0 Å². The van der Waals surface area contributed by atoms with Crippen molar-refractivity contribution in [3.05, 3.63) is 48.0 Å². The van der Waals surface area contributed by atoms with Gasteiger partial charge in [-0.15, -0.1) is 0 Å². The summed E-state index contributed by atoms with van der Waals surface area (Å²) in [7, 11) is 0. The minimum atomic E-state index is -0.633. The van der Waals surface area contributed by atoms with Gasteiger partial charge in [0.05, 0.1) is 6.04 Å². The Bertz CT molecular complexity index is 709. The molecule has 0 saturated heterocycles. The minimum absolute atomic E-state index is 0.0247. The zero-order chi connectivity index (χ0) is 20.6. The highest BCUT2D eigenvalue weighted by molar-refractivity contribution is 5.79. The van der Waals surface area contributed by atoms with Gasteiger partial charge in [-0.25, -0.2) is 4.79 Å². The van der Waals surface area contributed by atoms with E-state index in [0.717, 1.165) is 5.56 Å². The fourth-order valence-corrected chi connectivity index (χ4v) is 2.69. The van der Waals surface area contributed by atoms with Crippen molar-refractivity contribution in [2.24, 2.45) is 0 Å². The topological polar surface area (TPSA) is 84.9 Å². The molecule has 0 aromatic heterocycles. The summed E-state index contributed by atoms with van der Waals surface area (Å²) in [5, 5.41) is 2.90. The molecule has 7 heteroatoms. The average molecular weight is 388 g/mol. The van der Waals surface area contributed by atoms with E-state index >= 15 is 0 Å². The molecule has 1 aromatic rings. The highest BCUT2D eigenvalue weighted by Crippen LogP contribution is 2.15. The molecule has 0 saturated carbocycles. The first kappa shape index (κ1) is 21.5. The van der Waals surface area contributed by atoms with E-state index in [2.05, 4.69) is 5.32 Å². The SMILES string of the molecule is CC(C)(C)OC(=O)CN1C/C=C\CCC(=O)N[C@H](c2ccccc2)COC1=O. The Morgan fingerprint density at radius 1 is 1.21 bits per heavy atom. The number of amides is 2. The van der Waals surface area contributed by atoms with Crippen LogP contribution in [0.2, 0.25) is 0 Å². The third kappa shape index (κ3) is 7.42. The molecule has 1 heterocycles. The Hall–Kier alpha value is -2.83. The van der Waals surface area contributed by atoms with E-state index in [1.807, 2.05) is 36.4 Å². The summed E-state index contributed by atoms with van der Waals surface area (Å²) in [6.07, 6.45) is 3.80. The summed E-state index contributed by atoms with van der Waals surface area (Å²) < 4.78 is 10.7. The van der Waals surface area contributed by atoms with Gasteiger partial charge < -0.3 is 14.8 Å². The molecule has 0 aliphatic carbocycles. The normalized spacial score (nSPS) is 20.2. The molecule has 1 aromatic carbocycles. The average Bonchev–Trinajstić information content (AvgIpc) is 2.62. The first-order chi connectivity index (χ1) is 13.2. The van der Waals surface area contributed by atoms with Crippen LogP contribution in [0.5, 0.6) is 0 Å². The molecule has 152 valence electrons. The van der Waals surface area contributed by atoms with Crippen molar-refractivity contribution in [3.8, 4) is 0 Å². The number of nitrogens with one attached hydrogen (secondary N) is 1. The van der Waals surface area contributed by atoms with Crippen molar-refractivity contribution >= 4 is 18.0 Å². The predicted octanol–water partition coefficient (Wildman–Crippen LogP) is 2.97. The molecule has 0 fully saturated rings. The molecular formula is C21H28N2O5. The maximum absolute atomic E-state index is 12.5. The van der Waals surface area contributed by atoms with Crippen LogP contribution in [0.1, 0.15) is 45.2 Å². The van der Waals surface area contributed by atoms with Crippen LogP contribution in [0.15, 0.2) is 42.5 Å². The summed E-state index contributed by atoms with van der Waals surface area (Å²) in [4.78, 5) is 38.1. The van der Waals surface area contributed by atoms with Crippen molar-refractivity contribution in [1.29, 1.82) is 0 Å². The van der Waals surface area contributed by atoms with Gasteiger partial charge in [-0.1, -0.05) is 42.5 Å². The molecule has 1 N–H and O–H groups in total. The third-order valence-corrected chi connectivity index (χ3v) is 3.94. The zero-order valence-electron chi connectivity index (χ0n) is 16.6. The molecule has 28 heavy (non-hydrogen) atoms. The number of hydrogen-bond acceptors (Lipinski definition) is 5. The molecule has 0 radical (unpaired) electrons. The van der Waals surface area contributed by atoms with E-state index in [-0.39, 0.29) is 25.6 Å². The van der Waals surface area contributed by atoms with Crippen LogP contribution in [0.3, 0.4) is 0 Å². The lowest BCUT2D eigenvalue weighted by atomic mass is 10.1. The van der Waals surface area contributed by atoms with Gasteiger partial charge in [-0.2, -0.15) is 0 Å². The number of allylic oxidation sites excluding steroid dienone is 1. The molecule has 7 nitrogen and oxygen atoms in total. The number of hydrogen-bond donors (Lipinski definition) is 1. The Morgan fingerprint density at radius 3 is 2.61 bits per heavy atom. The fraction of sp³-hybridized carbons (Fsp3) is 0.476. The molecule has 0 spiro atoms. The Kier molecular flexibility index (Phi) is 7.61. The predicted molar refractivity (Wildman–Crippen MR) is 104 cm³/mol. The molecule has 2 amide bonds. The second-order valence-corrected chi connectivity index (χ2v) is 7.58. The van der Waals surface area contributed by atoms with Gasteiger partial charge in [-0.3, -0.25) is 14.5 Å². The number of carbonyl (C=O) groups excluding carboxylic acids is 3. The number of carbonyl (C=O) groups is 3. The third-order valence-electron chi connectivity index (χ3n) is 3.94. The minimum Gasteiger partial charge on any atom is -0.459 e. The Labute approximate surface area is 165 Å². The van der Waals surface area contributed by atoms with Crippen LogP contribution < -0.4 is 5.32 Å². The summed E-state index contributed by atoms with van der Waals surface area (Å²) >= 11 is 0. The second-order valence-electron chi connectivity index (χ2n) is 7.58. The van der Waals surface area contributed by atoms with Gasteiger partial charge in [0.1, 0.15) is 18.8 Å². The van der Waals surface area contributed by atoms with Crippen molar-refractivity contribution in [2.45, 2.75) is 45.3 Å². The molecule has 1 aliphatic heterocycles. The van der Waals surface area contributed by atoms with Gasteiger partial charge in [0.15, 0.2) is 0 Å². The molecule has 2 rings (SSSR count). The standard InChI is InChI=1S/C21H28N2O5/c1-21(2,3)28-19(25)14-23-13-9-5-8-12-18(24)22-17(15-27-20(23)26)16-10-6-4-7-11-16/h4-7,9-11,17H,8,12-15H2,1-3H3,(H,22,24)/b9-5-/t17-/m0/s1. The largest absolute Gasteiger partial charge is 0.459 e. The van der Waals surface area contributed by atoms with Gasteiger partial charge in [0, 0.05) is 13.0 Å². The molecule has 1 atom stereocenters. The van der Waals surface area contributed by atoms with E-state index in [9.17, 15) is 14.4 Å². The molecule has 1 aliphatic rings. The summed E-state index contributed by atoms with van der Waals surface area (Å²) in [5.74, 6) is -0.612. The summed E-state index contributed by atoms with van der Waals surface area (Å²) in [6, 6.07) is 8.87. The lowest BCUT2D eigenvalue weighted by molar-refractivity contribution is -0.155. The van der Waals surface area contributed by atoms with Crippen LogP contribution in [-0.4, -0.2) is 48.2 Å². The number of rotatable bonds is 3. The summed E-state index contributed by atoms with van der Waals surface area (Å²) in [6.45, 7) is 5.29. The van der Waals surface area contributed by atoms with Crippen molar-refractivity contribution in [2.75, 3.05) is 19.7 Å². The first-order valence-corrected chi connectivity index (χ1v) is 9.37. The lowest BCUT2D eigenvalue weighted by Gasteiger charge is -2.25. The van der Waals surface area contributed by atoms with E-state index in [1.54, 1.807) is 26.8 Å². The number of ether oxygens (including phenoxy) is 2. The van der Waals surface area contributed by atoms with E-state index in [1.165, 1.54) is 4.90 Å². The van der Waals surface area contributed by atoms with Crippen LogP contribution in [0.4, 0.5) is 4.79 Å². The fourth-order valence-electron chi connectivity index (χ4n) is 2.69. The number of cyclic esters (lactones) is 1. The Balaban J connectivity index is 2.11. The monoisotopic (exact) mass is 388 g/mol. The first-order valence-electron chi connectivity index (χ1n) is 9.37. The van der Waals surface area contributed by atoms with Crippen molar-refractivity contribution in [1.82, 2.24) is 10.2 Å². The molecular weight excluding hydrogens is 360 g/mol. The summed E-state index contributed by atoms with van der Waals surface area (Å²) in [5.41, 5.74) is 0.210. The molecule has 0 bridgehead atoms. The van der Waals surface area contributed by atoms with Crippen molar-refractivity contribution in [3.63, 3.8) is 0 Å². The highest BCUT2D eigenvalue weighted by atomic mass is 16.6. The molecule has 0 unspecified atom stereocenters. The quantitative estimate of drug-likeness (QED) is 0.636. The number of benzene rings is 1. The van der Waals surface area contributed by atoms with E-state index in [4.69, 9.17) is 9.47 Å². The van der Waals surface area contributed by atoms with Crippen LogP contribution in [0.25, 0.3) is 0 Å². The lowest BCUT2D eigenvalue weighted by Crippen LogP contribution is -2.40. The number of nitrogens with zero attached hydrogens (tertiary/aromatic N) is 1. The highest BCUT2D eigenvalue weighted by Gasteiger charge is 2.24. The maximum Gasteiger partial charge on any atom is 0.410 e. The van der Waals surface area contributed by atoms with Crippen LogP contribution >= 0.6 is 0 Å². The smallest absolute Gasteiger partial charge is 0.410 e. The van der Waals surface area contributed by atoms with Gasteiger partial charge >= 0.3 is 12.1 Å². The second kappa shape index (κ2) is 9.92. The van der Waals surface area contributed by atoms with E-state index < -0.39 is 23.7 Å². The number of esters is 1. The Morgan fingerprint density at radius 2 is 1.93 bits per heavy atom. The van der Waals surface area contributed by atoms with Crippen molar-refractivity contribution < 1.29 is 23.9 Å². The van der Waals surface area contributed by atoms with Gasteiger partial charge in [0.25, 0.3) is 0 Å². The van der Waals surface area contributed by atoms with Gasteiger partial charge in [0.2, 0.25) is 5.91 Å².